The summed E-state index contributed by atoms with van der Waals surface area (Å²) >= 11 is 0. The first-order valence-electron chi connectivity index (χ1n) is 6.50. The van der Waals surface area contributed by atoms with Gasteiger partial charge in [-0.15, -0.1) is 0 Å². The van der Waals surface area contributed by atoms with E-state index < -0.39 is 0 Å². The van der Waals surface area contributed by atoms with Crippen LogP contribution in [0, 0.1) is 5.92 Å². The average Bonchev–Trinajstić information content (AvgIpc) is 2.28. The van der Waals surface area contributed by atoms with Crippen LogP contribution in [0.4, 0.5) is 0 Å². The maximum absolute atomic E-state index is 8.98. The molecule has 0 unspecified atom stereocenters. The van der Waals surface area contributed by atoms with Gasteiger partial charge >= 0.3 is 0 Å². The zero-order valence-electron chi connectivity index (χ0n) is 10.9. The average molecular weight is 233 g/mol. The topological polar surface area (TPSA) is 23.5 Å². The summed E-state index contributed by atoms with van der Waals surface area (Å²) in [6.07, 6.45) is 1.18. The smallest absolute Gasteiger partial charge is 0.0483 e. The van der Waals surface area contributed by atoms with Crippen LogP contribution in [0.1, 0.15) is 25.8 Å². The predicted molar refractivity (Wildman–Crippen MR) is 71.1 cm³/mol. The molecule has 1 aromatic carbocycles. The first kappa shape index (κ1) is 12.6. The van der Waals surface area contributed by atoms with E-state index in [2.05, 4.69) is 49.1 Å². The zero-order chi connectivity index (χ0) is 12.3. The van der Waals surface area contributed by atoms with Gasteiger partial charge in [0.15, 0.2) is 0 Å². The molecular formula is C15H23NO. The van der Waals surface area contributed by atoms with Crippen LogP contribution in [0.3, 0.4) is 0 Å². The van der Waals surface area contributed by atoms with E-state index in [1.165, 1.54) is 12.0 Å². The number of aliphatic hydroxyl groups excluding tert-OH is 1. The first-order valence-corrected chi connectivity index (χ1v) is 6.50. The summed E-state index contributed by atoms with van der Waals surface area (Å²) in [6.45, 7) is 8.25. The lowest BCUT2D eigenvalue weighted by Gasteiger charge is -2.40. The monoisotopic (exact) mass is 233 g/mol. The van der Waals surface area contributed by atoms with Gasteiger partial charge in [0.1, 0.15) is 0 Å². The molecule has 0 amide bonds. The Kier molecular flexibility index (Phi) is 3.85. The Morgan fingerprint density at radius 2 is 1.88 bits per heavy atom. The molecule has 2 heteroatoms. The highest BCUT2D eigenvalue weighted by Gasteiger charge is 2.28. The molecule has 1 aliphatic heterocycles. The van der Waals surface area contributed by atoms with Gasteiger partial charge in [-0.25, -0.2) is 0 Å². The van der Waals surface area contributed by atoms with Crippen LogP contribution in [0.25, 0.3) is 0 Å². The fraction of sp³-hybridized carbons (Fsp3) is 0.600. The summed E-state index contributed by atoms with van der Waals surface area (Å²) in [5.41, 5.74) is 1.66. The van der Waals surface area contributed by atoms with Crippen LogP contribution in [-0.4, -0.2) is 36.2 Å². The van der Waals surface area contributed by atoms with Crippen LogP contribution in [0.15, 0.2) is 30.3 Å². The third-order valence-electron chi connectivity index (χ3n) is 3.90. The lowest BCUT2D eigenvalue weighted by molar-refractivity contribution is 0.0491. The lowest BCUT2D eigenvalue weighted by atomic mass is 9.81. The highest BCUT2D eigenvalue weighted by atomic mass is 16.3. The molecule has 2 nitrogen and oxygen atoms in total. The van der Waals surface area contributed by atoms with E-state index in [-0.39, 0.29) is 5.41 Å². The summed E-state index contributed by atoms with van der Waals surface area (Å²) in [4.78, 5) is 2.44. The van der Waals surface area contributed by atoms with E-state index in [1.807, 2.05) is 0 Å². The molecular weight excluding hydrogens is 210 g/mol. The normalized spacial score (nSPS) is 18.1. The van der Waals surface area contributed by atoms with Gasteiger partial charge in [-0.05, 0) is 23.9 Å². The van der Waals surface area contributed by atoms with Crippen molar-refractivity contribution >= 4 is 0 Å². The highest BCUT2D eigenvalue weighted by molar-refractivity contribution is 5.23. The Balaban J connectivity index is 1.82. The number of rotatable bonds is 5. The van der Waals surface area contributed by atoms with E-state index in [0.717, 1.165) is 19.6 Å². The fourth-order valence-electron chi connectivity index (χ4n) is 2.45. The Morgan fingerprint density at radius 1 is 1.24 bits per heavy atom. The molecule has 94 valence electrons. The predicted octanol–water partition coefficient (Wildman–Crippen LogP) is 2.28. The maximum Gasteiger partial charge on any atom is 0.0483 e. The minimum Gasteiger partial charge on any atom is -0.396 e. The summed E-state index contributed by atoms with van der Waals surface area (Å²) in [5, 5.41) is 8.98. The van der Waals surface area contributed by atoms with Crippen molar-refractivity contribution in [3.05, 3.63) is 35.9 Å². The Hall–Kier alpha value is -0.860. The number of likely N-dealkylation sites (tertiary alicyclic amines) is 1. The number of benzene rings is 1. The van der Waals surface area contributed by atoms with Crippen molar-refractivity contribution < 1.29 is 5.11 Å². The van der Waals surface area contributed by atoms with Crippen LogP contribution < -0.4 is 0 Å². The van der Waals surface area contributed by atoms with E-state index >= 15 is 0 Å². The Labute approximate surface area is 104 Å². The third-order valence-corrected chi connectivity index (χ3v) is 3.90. The number of aliphatic hydroxyl groups is 1. The molecule has 1 aliphatic rings. The van der Waals surface area contributed by atoms with Gasteiger partial charge in [-0.1, -0.05) is 44.2 Å². The molecule has 0 bridgehead atoms. The zero-order valence-corrected chi connectivity index (χ0v) is 10.9. The second kappa shape index (κ2) is 5.19. The fourth-order valence-corrected chi connectivity index (χ4v) is 2.45. The van der Waals surface area contributed by atoms with Crippen molar-refractivity contribution in [1.82, 2.24) is 4.90 Å². The molecule has 2 rings (SSSR count). The summed E-state index contributed by atoms with van der Waals surface area (Å²) < 4.78 is 0. The minimum absolute atomic E-state index is 0.242. The Bertz CT molecular complexity index is 341. The number of nitrogens with zero attached hydrogens (tertiary/aromatic N) is 1. The number of hydrogen-bond donors (Lipinski definition) is 1. The van der Waals surface area contributed by atoms with Crippen LogP contribution in [0.2, 0.25) is 0 Å². The van der Waals surface area contributed by atoms with Crippen molar-refractivity contribution in [1.29, 1.82) is 0 Å². The van der Waals surface area contributed by atoms with Gasteiger partial charge < -0.3 is 10.0 Å². The molecule has 1 fully saturated rings. The standard InChI is InChI=1S/C15H23NO/c1-15(2,14-6-4-3-5-7-14)8-9-16-10-13(11-16)12-17/h3-7,13,17H,8-12H2,1-2H3. The molecule has 0 atom stereocenters. The summed E-state index contributed by atoms with van der Waals surface area (Å²) in [5.74, 6) is 0.523. The molecule has 1 saturated heterocycles. The quantitative estimate of drug-likeness (QED) is 0.843. The van der Waals surface area contributed by atoms with Crippen LogP contribution in [-0.2, 0) is 5.41 Å². The summed E-state index contributed by atoms with van der Waals surface area (Å²) in [7, 11) is 0. The van der Waals surface area contributed by atoms with Crippen LogP contribution >= 0.6 is 0 Å². The van der Waals surface area contributed by atoms with Crippen molar-refractivity contribution in [3.63, 3.8) is 0 Å². The van der Waals surface area contributed by atoms with E-state index in [9.17, 15) is 0 Å². The van der Waals surface area contributed by atoms with Crippen LogP contribution in [0.5, 0.6) is 0 Å². The lowest BCUT2D eigenvalue weighted by Crippen LogP contribution is -2.49. The third kappa shape index (κ3) is 3.08. The molecule has 1 heterocycles. The highest BCUT2D eigenvalue weighted by Crippen LogP contribution is 2.28. The van der Waals surface area contributed by atoms with Gasteiger partial charge in [0, 0.05) is 25.6 Å². The second-order valence-corrected chi connectivity index (χ2v) is 5.81. The van der Waals surface area contributed by atoms with Crippen molar-refractivity contribution in [2.45, 2.75) is 25.7 Å². The van der Waals surface area contributed by atoms with Crippen molar-refractivity contribution in [3.8, 4) is 0 Å². The summed E-state index contributed by atoms with van der Waals surface area (Å²) in [6, 6.07) is 10.7. The van der Waals surface area contributed by atoms with Crippen molar-refractivity contribution in [2.75, 3.05) is 26.2 Å². The van der Waals surface area contributed by atoms with E-state index in [1.54, 1.807) is 0 Å². The molecule has 0 aliphatic carbocycles. The van der Waals surface area contributed by atoms with Gasteiger partial charge in [0.25, 0.3) is 0 Å². The van der Waals surface area contributed by atoms with Gasteiger partial charge in [0.2, 0.25) is 0 Å². The second-order valence-electron chi connectivity index (χ2n) is 5.81. The van der Waals surface area contributed by atoms with E-state index in [4.69, 9.17) is 5.11 Å². The largest absolute Gasteiger partial charge is 0.396 e. The molecule has 17 heavy (non-hydrogen) atoms. The van der Waals surface area contributed by atoms with E-state index in [0.29, 0.717) is 12.5 Å². The molecule has 1 N–H and O–H groups in total. The minimum atomic E-state index is 0.242. The molecule has 0 spiro atoms. The number of hydrogen-bond acceptors (Lipinski definition) is 2. The first-order chi connectivity index (χ1) is 8.12. The SMILES string of the molecule is CC(C)(CCN1CC(CO)C1)c1ccccc1. The van der Waals surface area contributed by atoms with Gasteiger partial charge in [0.05, 0.1) is 0 Å². The Morgan fingerprint density at radius 3 is 2.47 bits per heavy atom. The molecule has 0 saturated carbocycles. The molecule has 0 radical (unpaired) electrons. The van der Waals surface area contributed by atoms with Crippen molar-refractivity contribution in [2.24, 2.45) is 5.92 Å². The maximum atomic E-state index is 8.98. The molecule has 1 aromatic rings. The van der Waals surface area contributed by atoms with Gasteiger partial charge in [-0.2, -0.15) is 0 Å². The van der Waals surface area contributed by atoms with Gasteiger partial charge in [-0.3, -0.25) is 0 Å². The molecule has 0 aromatic heterocycles.